The minimum absolute atomic E-state index is 0.0373. The second-order valence-corrected chi connectivity index (χ2v) is 8.12. The highest BCUT2D eigenvalue weighted by molar-refractivity contribution is 5.91. The van der Waals surface area contributed by atoms with Crippen molar-refractivity contribution in [1.82, 2.24) is 20.0 Å². The third kappa shape index (κ3) is 5.28. The van der Waals surface area contributed by atoms with Gasteiger partial charge in [0.2, 0.25) is 0 Å². The number of nitrogens with zero attached hydrogens (tertiary/aromatic N) is 4. The van der Waals surface area contributed by atoms with Crippen LogP contribution in [0.5, 0.6) is 0 Å². The standard InChI is InChI=1S/C24H33N5O2/c1-2-25-24(29-16-14-28(15-17-29)23(30)22-11-8-18-31-22)26-19-21(27-12-6-7-13-27)20-9-4-3-5-10-20/h3-5,8-11,18,21H,2,6-7,12-17,19H2,1H3,(H,25,26). The predicted molar refractivity (Wildman–Crippen MR) is 122 cm³/mol. The first kappa shape index (κ1) is 21.4. The molecule has 31 heavy (non-hydrogen) atoms. The number of aliphatic imine (C=N–C) groups is 1. The number of hydrogen-bond donors (Lipinski definition) is 1. The lowest BCUT2D eigenvalue weighted by atomic mass is 10.1. The van der Waals surface area contributed by atoms with Crippen molar-refractivity contribution in [2.24, 2.45) is 4.99 Å². The fourth-order valence-corrected chi connectivity index (χ4v) is 4.44. The zero-order valence-electron chi connectivity index (χ0n) is 18.4. The van der Waals surface area contributed by atoms with Crippen molar-refractivity contribution in [3.05, 3.63) is 60.1 Å². The van der Waals surface area contributed by atoms with E-state index < -0.39 is 0 Å². The van der Waals surface area contributed by atoms with Gasteiger partial charge in [0.25, 0.3) is 5.91 Å². The molecule has 2 aromatic rings. The molecule has 1 atom stereocenters. The van der Waals surface area contributed by atoms with E-state index in [4.69, 9.17) is 9.41 Å². The maximum atomic E-state index is 12.5. The van der Waals surface area contributed by atoms with Crippen molar-refractivity contribution in [3.8, 4) is 0 Å². The molecule has 1 aromatic carbocycles. The lowest BCUT2D eigenvalue weighted by Gasteiger charge is -2.36. The van der Waals surface area contributed by atoms with Crippen LogP contribution in [0.25, 0.3) is 0 Å². The largest absolute Gasteiger partial charge is 0.459 e. The molecule has 7 heteroatoms. The molecular formula is C24H33N5O2. The molecule has 3 heterocycles. The zero-order valence-corrected chi connectivity index (χ0v) is 18.4. The maximum absolute atomic E-state index is 12.5. The number of guanidine groups is 1. The minimum atomic E-state index is -0.0373. The third-order valence-corrected chi connectivity index (χ3v) is 6.11. The number of benzene rings is 1. The van der Waals surface area contributed by atoms with Gasteiger partial charge >= 0.3 is 0 Å². The number of hydrogen-bond acceptors (Lipinski definition) is 4. The monoisotopic (exact) mass is 423 g/mol. The van der Waals surface area contributed by atoms with E-state index in [9.17, 15) is 4.79 Å². The van der Waals surface area contributed by atoms with Crippen LogP contribution in [0.15, 0.2) is 58.1 Å². The van der Waals surface area contributed by atoms with Gasteiger partial charge in [0, 0.05) is 32.7 Å². The van der Waals surface area contributed by atoms with E-state index in [0.29, 0.717) is 24.9 Å². The summed E-state index contributed by atoms with van der Waals surface area (Å²) in [6, 6.07) is 14.5. The molecule has 1 N–H and O–H groups in total. The average molecular weight is 424 g/mol. The maximum Gasteiger partial charge on any atom is 0.289 e. The molecule has 7 nitrogen and oxygen atoms in total. The predicted octanol–water partition coefficient (Wildman–Crippen LogP) is 2.84. The van der Waals surface area contributed by atoms with Gasteiger partial charge in [-0.05, 0) is 50.6 Å². The van der Waals surface area contributed by atoms with Gasteiger partial charge in [0.15, 0.2) is 11.7 Å². The van der Waals surface area contributed by atoms with E-state index in [1.807, 2.05) is 4.90 Å². The number of furan rings is 1. The number of piperazine rings is 1. The fraction of sp³-hybridized carbons (Fsp3) is 0.500. The Morgan fingerprint density at radius 2 is 1.71 bits per heavy atom. The van der Waals surface area contributed by atoms with Crippen LogP contribution in [-0.2, 0) is 0 Å². The molecule has 166 valence electrons. The van der Waals surface area contributed by atoms with E-state index in [1.54, 1.807) is 18.4 Å². The van der Waals surface area contributed by atoms with Gasteiger partial charge in [0.1, 0.15) is 0 Å². The smallest absolute Gasteiger partial charge is 0.289 e. The van der Waals surface area contributed by atoms with E-state index in [2.05, 4.69) is 52.4 Å². The quantitative estimate of drug-likeness (QED) is 0.572. The number of nitrogens with one attached hydrogen (secondary N) is 1. The molecule has 0 aliphatic carbocycles. The van der Waals surface area contributed by atoms with E-state index in [-0.39, 0.29) is 5.91 Å². The summed E-state index contributed by atoms with van der Waals surface area (Å²) in [7, 11) is 0. The van der Waals surface area contributed by atoms with Crippen LogP contribution in [0, 0.1) is 0 Å². The summed E-state index contributed by atoms with van der Waals surface area (Å²) in [5, 5.41) is 3.46. The summed E-state index contributed by atoms with van der Waals surface area (Å²) >= 11 is 0. The summed E-state index contributed by atoms with van der Waals surface area (Å²) in [6.45, 7) is 8.79. The summed E-state index contributed by atoms with van der Waals surface area (Å²) in [6.07, 6.45) is 4.07. The highest BCUT2D eigenvalue weighted by Gasteiger charge is 2.27. The number of carbonyl (C=O) groups excluding carboxylic acids is 1. The summed E-state index contributed by atoms with van der Waals surface area (Å²) in [5.74, 6) is 1.31. The second kappa shape index (κ2) is 10.5. The van der Waals surface area contributed by atoms with Crippen LogP contribution < -0.4 is 5.32 Å². The molecule has 0 bridgehead atoms. The first-order valence-corrected chi connectivity index (χ1v) is 11.4. The molecule has 2 saturated heterocycles. The lowest BCUT2D eigenvalue weighted by molar-refractivity contribution is 0.0657. The fourth-order valence-electron chi connectivity index (χ4n) is 4.44. The number of carbonyl (C=O) groups is 1. The van der Waals surface area contributed by atoms with Crippen LogP contribution in [0.3, 0.4) is 0 Å². The average Bonchev–Trinajstić information content (AvgIpc) is 3.54. The molecule has 1 aromatic heterocycles. The van der Waals surface area contributed by atoms with Crippen LogP contribution >= 0.6 is 0 Å². The van der Waals surface area contributed by atoms with Crippen LogP contribution in [0.1, 0.15) is 41.9 Å². The molecule has 2 aliphatic heterocycles. The normalized spacial score (nSPS) is 18.9. The van der Waals surface area contributed by atoms with Gasteiger partial charge in [-0.3, -0.25) is 14.7 Å². The lowest BCUT2D eigenvalue weighted by Crippen LogP contribution is -2.53. The minimum Gasteiger partial charge on any atom is -0.459 e. The first-order valence-electron chi connectivity index (χ1n) is 11.4. The third-order valence-electron chi connectivity index (χ3n) is 6.11. The van der Waals surface area contributed by atoms with Gasteiger partial charge in [0.05, 0.1) is 18.8 Å². The molecule has 1 amide bonds. The molecule has 0 saturated carbocycles. The molecule has 4 rings (SSSR count). The highest BCUT2D eigenvalue weighted by Crippen LogP contribution is 2.25. The second-order valence-electron chi connectivity index (χ2n) is 8.12. The first-order chi connectivity index (χ1) is 15.3. The Balaban J connectivity index is 1.42. The van der Waals surface area contributed by atoms with Crippen LogP contribution in [-0.4, -0.2) is 78.9 Å². The van der Waals surface area contributed by atoms with Crippen molar-refractivity contribution in [1.29, 1.82) is 0 Å². The topological polar surface area (TPSA) is 64.3 Å². The van der Waals surface area contributed by atoms with Crippen molar-refractivity contribution in [3.63, 3.8) is 0 Å². The molecule has 1 unspecified atom stereocenters. The molecule has 2 aliphatic rings. The molecule has 2 fully saturated rings. The molecule has 0 spiro atoms. The van der Waals surface area contributed by atoms with E-state index in [0.717, 1.165) is 45.2 Å². The number of likely N-dealkylation sites (tertiary alicyclic amines) is 1. The Labute approximate surface area is 184 Å². The summed E-state index contributed by atoms with van der Waals surface area (Å²) in [4.78, 5) is 24.3. The van der Waals surface area contributed by atoms with Gasteiger partial charge in [-0.1, -0.05) is 30.3 Å². The van der Waals surface area contributed by atoms with Gasteiger partial charge in [-0.25, -0.2) is 0 Å². The zero-order chi connectivity index (χ0) is 21.5. The Hall–Kier alpha value is -2.80. The molecule has 0 radical (unpaired) electrons. The van der Waals surface area contributed by atoms with Crippen LogP contribution in [0.2, 0.25) is 0 Å². The SMILES string of the molecule is CCNC(=NCC(c1ccccc1)N1CCCC1)N1CCN(C(=O)c2ccco2)CC1. The number of rotatable bonds is 6. The number of amides is 1. The van der Waals surface area contributed by atoms with Crippen molar-refractivity contribution < 1.29 is 9.21 Å². The van der Waals surface area contributed by atoms with Crippen molar-refractivity contribution in [2.45, 2.75) is 25.8 Å². The Morgan fingerprint density at radius 1 is 1.00 bits per heavy atom. The van der Waals surface area contributed by atoms with Crippen molar-refractivity contribution in [2.75, 3.05) is 52.4 Å². The summed E-state index contributed by atoms with van der Waals surface area (Å²) < 4.78 is 5.27. The van der Waals surface area contributed by atoms with E-state index >= 15 is 0 Å². The molecular weight excluding hydrogens is 390 g/mol. The van der Waals surface area contributed by atoms with Crippen LogP contribution in [0.4, 0.5) is 0 Å². The highest BCUT2D eigenvalue weighted by atomic mass is 16.3. The van der Waals surface area contributed by atoms with Gasteiger partial charge in [-0.2, -0.15) is 0 Å². The van der Waals surface area contributed by atoms with Gasteiger partial charge < -0.3 is 19.5 Å². The van der Waals surface area contributed by atoms with E-state index in [1.165, 1.54) is 18.4 Å². The van der Waals surface area contributed by atoms with Gasteiger partial charge in [-0.15, -0.1) is 0 Å². The Kier molecular flexibility index (Phi) is 7.25. The van der Waals surface area contributed by atoms with Crippen molar-refractivity contribution >= 4 is 11.9 Å². The Morgan fingerprint density at radius 3 is 2.35 bits per heavy atom. The summed E-state index contributed by atoms with van der Waals surface area (Å²) in [5.41, 5.74) is 1.33. The Bertz CT molecular complexity index is 838.